The fourth-order valence-corrected chi connectivity index (χ4v) is 2.03. The molecule has 2 nitrogen and oxygen atoms in total. The molecule has 0 atom stereocenters. The third kappa shape index (κ3) is 4.77. The normalized spacial score (nSPS) is 10.4. The van der Waals surface area contributed by atoms with Gasteiger partial charge in [0.2, 0.25) is 0 Å². The van der Waals surface area contributed by atoms with Gasteiger partial charge in [-0.15, -0.1) is 11.6 Å². The largest absolute Gasteiger partial charge is 0.493 e. The van der Waals surface area contributed by atoms with Crippen molar-refractivity contribution in [1.29, 1.82) is 0 Å². The zero-order chi connectivity index (χ0) is 13.2. The number of hydrogen-bond donors (Lipinski definition) is 0. The van der Waals surface area contributed by atoms with Gasteiger partial charge in [-0.25, -0.2) is 0 Å². The van der Waals surface area contributed by atoms with Gasteiger partial charge in [0.25, 0.3) is 0 Å². The van der Waals surface area contributed by atoms with Crippen LogP contribution in [0.1, 0.15) is 38.2 Å². The van der Waals surface area contributed by atoms with E-state index in [1.807, 2.05) is 12.1 Å². The van der Waals surface area contributed by atoms with Crippen LogP contribution in [0.4, 0.5) is 0 Å². The lowest BCUT2D eigenvalue weighted by molar-refractivity contribution is 0.284. The van der Waals surface area contributed by atoms with Crippen LogP contribution in [0.15, 0.2) is 18.2 Å². The molecule has 0 radical (unpaired) electrons. The maximum atomic E-state index is 5.79. The molecule has 0 fully saturated rings. The average molecular weight is 271 g/mol. The number of methoxy groups -OCH3 is 1. The number of halogens is 1. The second-order valence-electron chi connectivity index (χ2n) is 4.30. The maximum Gasteiger partial charge on any atom is 0.163 e. The zero-order valence-corrected chi connectivity index (χ0v) is 12.1. The summed E-state index contributed by atoms with van der Waals surface area (Å²) in [5.41, 5.74) is 1.17. The lowest BCUT2D eigenvalue weighted by atomic mass is 10.1. The SMILES string of the molecule is CCCCCOc1cccc(CCCCl)c1OC. The summed E-state index contributed by atoms with van der Waals surface area (Å²) >= 11 is 5.73. The Balaban J connectivity index is 2.65. The van der Waals surface area contributed by atoms with Crippen molar-refractivity contribution in [2.24, 2.45) is 0 Å². The quantitative estimate of drug-likeness (QED) is 0.488. The molecule has 0 saturated heterocycles. The summed E-state index contributed by atoms with van der Waals surface area (Å²) in [6.45, 7) is 2.94. The van der Waals surface area contributed by atoms with Gasteiger partial charge in [-0.2, -0.15) is 0 Å². The molecule has 0 heterocycles. The van der Waals surface area contributed by atoms with Crippen LogP contribution in [-0.4, -0.2) is 19.6 Å². The van der Waals surface area contributed by atoms with Gasteiger partial charge in [0, 0.05) is 5.88 Å². The number of aryl methyl sites for hydroxylation is 1. The molecule has 0 aliphatic carbocycles. The average Bonchev–Trinajstić information content (AvgIpc) is 2.41. The topological polar surface area (TPSA) is 18.5 Å². The molecule has 0 bridgehead atoms. The molecule has 0 unspecified atom stereocenters. The summed E-state index contributed by atoms with van der Waals surface area (Å²) in [6, 6.07) is 6.06. The van der Waals surface area contributed by atoms with Crippen molar-refractivity contribution < 1.29 is 9.47 Å². The van der Waals surface area contributed by atoms with Gasteiger partial charge in [0.05, 0.1) is 13.7 Å². The molecule has 102 valence electrons. The van der Waals surface area contributed by atoms with E-state index in [1.165, 1.54) is 18.4 Å². The molecule has 0 spiro atoms. The summed E-state index contributed by atoms with van der Waals surface area (Å²) < 4.78 is 11.3. The van der Waals surface area contributed by atoms with Crippen LogP contribution in [0.25, 0.3) is 0 Å². The molecule has 1 aromatic carbocycles. The smallest absolute Gasteiger partial charge is 0.163 e. The number of unbranched alkanes of at least 4 members (excludes halogenated alkanes) is 2. The fraction of sp³-hybridized carbons (Fsp3) is 0.600. The predicted molar refractivity (Wildman–Crippen MR) is 77.1 cm³/mol. The van der Waals surface area contributed by atoms with Crippen molar-refractivity contribution in [3.63, 3.8) is 0 Å². The van der Waals surface area contributed by atoms with Crippen molar-refractivity contribution in [3.8, 4) is 11.5 Å². The molecule has 0 N–H and O–H groups in total. The van der Waals surface area contributed by atoms with Crippen LogP contribution < -0.4 is 9.47 Å². The summed E-state index contributed by atoms with van der Waals surface area (Å²) in [5.74, 6) is 2.38. The van der Waals surface area contributed by atoms with Gasteiger partial charge in [-0.3, -0.25) is 0 Å². The number of alkyl halides is 1. The lowest BCUT2D eigenvalue weighted by Gasteiger charge is -2.14. The number of ether oxygens (including phenoxy) is 2. The Bertz CT molecular complexity index is 339. The van der Waals surface area contributed by atoms with Crippen LogP contribution in [-0.2, 0) is 6.42 Å². The highest BCUT2D eigenvalue weighted by Crippen LogP contribution is 2.32. The first-order valence-electron chi connectivity index (χ1n) is 6.68. The van der Waals surface area contributed by atoms with Crippen LogP contribution in [0.5, 0.6) is 11.5 Å². The van der Waals surface area contributed by atoms with Crippen molar-refractivity contribution in [3.05, 3.63) is 23.8 Å². The third-order valence-corrected chi connectivity index (χ3v) is 3.12. The van der Waals surface area contributed by atoms with Crippen molar-refractivity contribution in [1.82, 2.24) is 0 Å². The second kappa shape index (κ2) is 9.09. The Hall–Kier alpha value is -0.890. The number of benzene rings is 1. The van der Waals surface area contributed by atoms with E-state index in [0.717, 1.165) is 37.4 Å². The van der Waals surface area contributed by atoms with E-state index < -0.39 is 0 Å². The first kappa shape index (κ1) is 15.2. The Labute approximate surface area is 115 Å². The standard InChI is InChI=1S/C15H23ClO2/c1-3-4-5-12-18-14-10-6-8-13(9-7-11-16)15(14)17-2/h6,8,10H,3-5,7,9,11-12H2,1-2H3. The predicted octanol–water partition coefficient (Wildman–Crippen LogP) is 4.44. The first-order valence-corrected chi connectivity index (χ1v) is 7.21. The van der Waals surface area contributed by atoms with Crippen molar-refractivity contribution >= 4 is 11.6 Å². The molecule has 1 rings (SSSR count). The third-order valence-electron chi connectivity index (χ3n) is 2.85. The van der Waals surface area contributed by atoms with Crippen LogP contribution in [0, 0.1) is 0 Å². The molecule has 0 aliphatic heterocycles. The van der Waals surface area contributed by atoms with E-state index in [0.29, 0.717) is 5.88 Å². The zero-order valence-electron chi connectivity index (χ0n) is 11.4. The van der Waals surface area contributed by atoms with E-state index in [-0.39, 0.29) is 0 Å². The molecular weight excluding hydrogens is 248 g/mol. The molecule has 0 amide bonds. The highest BCUT2D eigenvalue weighted by molar-refractivity contribution is 6.17. The minimum absolute atomic E-state index is 0.671. The van der Waals surface area contributed by atoms with Gasteiger partial charge in [0.15, 0.2) is 11.5 Å². The van der Waals surface area contributed by atoms with E-state index in [9.17, 15) is 0 Å². The Kier molecular flexibility index (Phi) is 7.66. The molecule has 0 aliphatic rings. The van der Waals surface area contributed by atoms with Crippen LogP contribution >= 0.6 is 11.6 Å². The Morgan fingerprint density at radius 3 is 2.67 bits per heavy atom. The van der Waals surface area contributed by atoms with Crippen molar-refractivity contribution in [2.45, 2.75) is 39.0 Å². The van der Waals surface area contributed by atoms with E-state index in [1.54, 1.807) is 7.11 Å². The van der Waals surface area contributed by atoms with E-state index in [4.69, 9.17) is 21.1 Å². The summed E-state index contributed by atoms with van der Waals surface area (Å²) in [6.07, 6.45) is 5.38. The van der Waals surface area contributed by atoms with E-state index >= 15 is 0 Å². The van der Waals surface area contributed by atoms with Gasteiger partial charge < -0.3 is 9.47 Å². The molecular formula is C15H23ClO2. The highest BCUT2D eigenvalue weighted by atomic mass is 35.5. The number of hydrogen-bond acceptors (Lipinski definition) is 2. The van der Waals surface area contributed by atoms with Crippen molar-refractivity contribution in [2.75, 3.05) is 19.6 Å². The van der Waals surface area contributed by atoms with Gasteiger partial charge in [-0.1, -0.05) is 31.9 Å². The van der Waals surface area contributed by atoms with Gasteiger partial charge in [-0.05, 0) is 30.9 Å². The molecule has 0 aromatic heterocycles. The second-order valence-corrected chi connectivity index (χ2v) is 4.67. The maximum absolute atomic E-state index is 5.79. The number of para-hydroxylation sites is 1. The fourth-order valence-electron chi connectivity index (χ4n) is 1.89. The monoisotopic (exact) mass is 270 g/mol. The van der Waals surface area contributed by atoms with Crippen LogP contribution in [0.3, 0.4) is 0 Å². The highest BCUT2D eigenvalue weighted by Gasteiger charge is 2.09. The number of rotatable bonds is 9. The summed E-state index contributed by atoms with van der Waals surface area (Å²) in [4.78, 5) is 0. The molecule has 3 heteroatoms. The molecule has 18 heavy (non-hydrogen) atoms. The first-order chi connectivity index (χ1) is 8.83. The lowest BCUT2D eigenvalue weighted by Crippen LogP contribution is -2.01. The minimum Gasteiger partial charge on any atom is -0.493 e. The Morgan fingerprint density at radius 1 is 1.17 bits per heavy atom. The van der Waals surface area contributed by atoms with Gasteiger partial charge >= 0.3 is 0 Å². The summed E-state index contributed by atoms with van der Waals surface area (Å²) in [5, 5.41) is 0. The summed E-state index contributed by atoms with van der Waals surface area (Å²) in [7, 11) is 1.69. The van der Waals surface area contributed by atoms with Crippen LogP contribution in [0.2, 0.25) is 0 Å². The molecule has 1 aromatic rings. The Morgan fingerprint density at radius 2 is 2.00 bits per heavy atom. The minimum atomic E-state index is 0.671. The van der Waals surface area contributed by atoms with E-state index in [2.05, 4.69) is 13.0 Å². The molecule has 0 saturated carbocycles. The van der Waals surface area contributed by atoms with Gasteiger partial charge in [0.1, 0.15) is 0 Å².